The topological polar surface area (TPSA) is 96.0 Å². The molecule has 26 heavy (non-hydrogen) atoms. The van der Waals surface area contributed by atoms with Crippen molar-refractivity contribution in [1.29, 1.82) is 0 Å². The van der Waals surface area contributed by atoms with Gasteiger partial charge in [0.15, 0.2) is 0 Å². The van der Waals surface area contributed by atoms with Crippen molar-refractivity contribution >= 4 is 45.0 Å². The molecule has 7 nitrogen and oxygen atoms in total. The molecule has 1 aromatic heterocycles. The first kappa shape index (κ1) is 20.7. The molecule has 0 bridgehead atoms. The summed E-state index contributed by atoms with van der Waals surface area (Å²) in [7, 11) is -3.74. The molecule has 142 valence electrons. The van der Waals surface area contributed by atoms with Crippen LogP contribution in [-0.4, -0.2) is 38.0 Å². The smallest absolute Gasteiger partial charge is 0.242 e. The van der Waals surface area contributed by atoms with Gasteiger partial charge in [-0.2, -0.15) is 4.98 Å². The Morgan fingerprint density at radius 1 is 1.00 bits per heavy atom. The Hall–Kier alpha value is -1.61. The average molecular weight is 418 g/mol. The summed E-state index contributed by atoms with van der Waals surface area (Å²) in [6.07, 6.45) is 0. The van der Waals surface area contributed by atoms with Crippen LogP contribution in [0.5, 0.6) is 0 Å². The summed E-state index contributed by atoms with van der Waals surface area (Å²) in [5.74, 6) is 1.15. The molecular formula is C16H21Cl2N5O2S. The van der Waals surface area contributed by atoms with Crippen molar-refractivity contribution in [3.8, 4) is 0 Å². The third-order valence-corrected chi connectivity index (χ3v) is 5.75. The molecular weight excluding hydrogens is 397 g/mol. The van der Waals surface area contributed by atoms with Crippen molar-refractivity contribution in [3.63, 3.8) is 0 Å². The molecule has 1 heterocycles. The number of aromatic nitrogens is 2. The Morgan fingerprint density at radius 2 is 1.73 bits per heavy atom. The monoisotopic (exact) mass is 417 g/mol. The normalized spacial score (nSPS) is 11.4. The number of rotatable bonds is 8. The van der Waals surface area contributed by atoms with Crippen LogP contribution < -0.4 is 15.4 Å². The number of halogens is 2. The van der Waals surface area contributed by atoms with Gasteiger partial charge in [-0.15, -0.1) is 0 Å². The molecule has 3 N–H and O–H groups in total. The third-order valence-electron chi connectivity index (χ3n) is 3.41. The Bertz CT molecular complexity index is 890. The molecule has 0 spiro atoms. The first-order valence-corrected chi connectivity index (χ1v) is 10.3. The first-order valence-electron chi connectivity index (χ1n) is 8.01. The number of benzene rings is 1. The van der Waals surface area contributed by atoms with Crippen LogP contribution in [0.1, 0.15) is 18.2 Å². The highest BCUT2D eigenvalue weighted by atomic mass is 35.5. The van der Waals surface area contributed by atoms with E-state index in [4.69, 9.17) is 23.2 Å². The van der Waals surface area contributed by atoms with Crippen molar-refractivity contribution in [2.45, 2.75) is 25.7 Å². The van der Waals surface area contributed by atoms with E-state index >= 15 is 0 Å². The maximum absolute atomic E-state index is 12.4. The fraction of sp³-hybridized carbons (Fsp3) is 0.375. The highest BCUT2D eigenvalue weighted by Gasteiger charge is 2.18. The molecule has 0 aliphatic rings. The molecule has 0 atom stereocenters. The van der Waals surface area contributed by atoms with Gasteiger partial charge in [0, 0.05) is 36.4 Å². The van der Waals surface area contributed by atoms with Gasteiger partial charge >= 0.3 is 0 Å². The van der Waals surface area contributed by atoms with E-state index in [0.717, 1.165) is 5.69 Å². The minimum Gasteiger partial charge on any atom is -0.369 e. The van der Waals surface area contributed by atoms with Gasteiger partial charge in [0.25, 0.3) is 0 Å². The SMILES string of the molecule is CCNc1nc(C)cc(NCCNS(=O)(=O)c2cc(C)c(Cl)cc2Cl)n1. The molecule has 0 unspecified atom stereocenters. The van der Waals surface area contributed by atoms with E-state index in [-0.39, 0.29) is 16.5 Å². The van der Waals surface area contributed by atoms with Crippen LogP contribution in [-0.2, 0) is 10.0 Å². The van der Waals surface area contributed by atoms with Gasteiger partial charge in [0.2, 0.25) is 16.0 Å². The summed E-state index contributed by atoms with van der Waals surface area (Å²) in [5.41, 5.74) is 1.45. The lowest BCUT2D eigenvalue weighted by Crippen LogP contribution is -2.29. The van der Waals surface area contributed by atoms with E-state index in [1.807, 2.05) is 13.8 Å². The minimum atomic E-state index is -3.74. The quantitative estimate of drug-likeness (QED) is 0.570. The Kier molecular flexibility index (Phi) is 7.05. The molecule has 0 amide bonds. The number of sulfonamides is 1. The lowest BCUT2D eigenvalue weighted by atomic mass is 10.2. The van der Waals surface area contributed by atoms with E-state index in [0.29, 0.717) is 35.4 Å². The van der Waals surface area contributed by atoms with Crippen LogP contribution >= 0.6 is 23.2 Å². The predicted molar refractivity (Wildman–Crippen MR) is 106 cm³/mol. The van der Waals surface area contributed by atoms with E-state index in [2.05, 4.69) is 25.3 Å². The summed E-state index contributed by atoms with van der Waals surface area (Å²) in [4.78, 5) is 8.57. The summed E-state index contributed by atoms with van der Waals surface area (Å²) < 4.78 is 27.3. The summed E-state index contributed by atoms with van der Waals surface area (Å²) >= 11 is 12.0. The third kappa shape index (κ3) is 5.44. The van der Waals surface area contributed by atoms with Gasteiger partial charge in [-0.3, -0.25) is 0 Å². The van der Waals surface area contributed by atoms with Crippen molar-refractivity contribution in [1.82, 2.24) is 14.7 Å². The molecule has 0 radical (unpaired) electrons. The van der Waals surface area contributed by atoms with E-state index in [9.17, 15) is 8.42 Å². The molecule has 2 rings (SSSR count). The highest BCUT2D eigenvalue weighted by molar-refractivity contribution is 7.89. The lowest BCUT2D eigenvalue weighted by molar-refractivity contribution is 0.583. The molecule has 0 aliphatic heterocycles. The van der Waals surface area contributed by atoms with Crippen LogP contribution in [0.15, 0.2) is 23.1 Å². The second-order valence-corrected chi connectivity index (χ2v) is 8.15. The number of anilines is 2. The van der Waals surface area contributed by atoms with Crippen LogP contribution in [0.25, 0.3) is 0 Å². The molecule has 0 saturated carbocycles. The first-order chi connectivity index (χ1) is 12.2. The number of aryl methyl sites for hydroxylation is 2. The van der Waals surface area contributed by atoms with Gasteiger partial charge < -0.3 is 10.6 Å². The largest absolute Gasteiger partial charge is 0.369 e. The lowest BCUT2D eigenvalue weighted by Gasteiger charge is -2.12. The van der Waals surface area contributed by atoms with Crippen LogP contribution in [0, 0.1) is 13.8 Å². The number of hydrogen-bond acceptors (Lipinski definition) is 6. The average Bonchev–Trinajstić information content (AvgIpc) is 2.55. The zero-order valence-corrected chi connectivity index (χ0v) is 17.1. The fourth-order valence-electron chi connectivity index (χ4n) is 2.19. The number of nitrogens with zero attached hydrogens (tertiary/aromatic N) is 2. The highest BCUT2D eigenvalue weighted by Crippen LogP contribution is 2.27. The van der Waals surface area contributed by atoms with Crippen molar-refractivity contribution in [2.75, 3.05) is 30.3 Å². The summed E-state index contributed by atoms with van der Waals surface area (Å²) in [5, 5.41) is 6.62. The summed E-state index contributed by atoms with van der Waals surface area (Å²) in [6, 6.07) is 4.67. The van der Waals surface area contributed by atoms with E-state index < -0.39 is 10.0 Å². The molecule has 0 saturated heterocycles. The van der Waals surface area contributed by atoms with Gasteiger partial charge in [0.05, 0.1) is 5.02 Å². The number of hydrogen-bond donors (Lipinski definition) is 3. The maximum atomic E-state index is 12.4. The zero-order valence-electron chi connectivity index (χ0n) is 14.7. The Balaban J connectivity index is 1.98. The Labute approximate surface area is 163 Å². The molecule has 0 fully saturated rings. The predicted octanol–water partition coefficient (Wildman–Crippen LogP) is 3.22. The van der Waals surface area contributed by atoms with Gasteiger partial charge in [-0.25, -0.2) is 18.1 Å². The van der Waals surface area contributed by atoms with E-state index in [1.165, 1.54) is 12.1 Å². The molecule has 1 aromatic carbocycles. The standard InChI is InChI=1S/C16H21Cl2N5O2S/c1-4-19-16-22-11(3)8-15(23-16)20-5-6-21-26(24,25)14-7-10(2)12(17)9-13(14)18/h7-9,21H,4-6H2,1-3H3,(H2,19,20,22,23). The van der Waals surface area contributed by atoms with Gasteiger partial charge in [-0.05, 0) is 38.5 Å². The fourth-order valence-corrected chi connectivity index (χ4v) is 4.05. The Morgan fingerprint density at radius 3 is 2.42 bits per heavy atom. The summed E-state index contributed by atoms with van der Waals surface area (Å²) in [6.45, 7) is 6.77. The van der Waals surface area contributed by atoms with Crippen LogP contribution in [0.4, 0.5) is 11.8 Å². The minimum absolute atomic E-state index is 0.00776. The van der Waals surface area contributed by atoms with Crippen LogP contribution in [0.3, 0.4) is 0 Å². The molecule has 2 aromatic rings. The van der Waals surface area contributed by atoms with Gasteiger partial charge in [0.1, 0.15) is 10.7 Å². The zero-order chi connectivity index (χ0) is 19.3. The second-order valence-electron chi connectivity index (χ2n) is 5.60. The molecule has 0 aliphatic carbocycles. The maximum Gasteiger partial charge on any atom is 0.242 e. The van der Waals surface area contributed by atoms with Gasteiger partial charge in [-0.1, -0.05) is 23.2 Å². The second kappa shape index (κ2) is 8.85. The van der Waals surface area contributed by atoms with Crippen molar-refractivity contribution in [3.05, 3.63) is 39.5 Å². The van der Waals surface area contributed by atoms with E-state index in [1.54, 1.807) is 13.0 Å². The molecule has 10 heteroatoms. The number of nitrogens with one attached hydrogen (secondary N) is 3. The van der Waals surface area contributed by atoms with Crippen LogP contribution in [0.2, 0.25) is 10.0 Å². The van der Waals surface area contributed by atoms with Crippen molar-refractivity contribution < 1.29 is 8.42 Å². The van der Waals surface area contributed by atoms with Crippen molar-refractivity contribution in [2.24, 2.45) is 0 Å².